The molecule has 1 aliphatic rings. The zero-order valence-corrected chi connectivity index (χ0v) is 12.5. The van der Waals surface area contributed by atoms with E-state index in [0.29, 0.717) is 17.7 Å². The highest BCUT2D eigenvalue weighted by atomic mass is 16.5. The number of ether oxygens (including phenoxy) is 2. The van der Waals surface area contributed by atoms with Crippen LogP contribution in [0.25, 0.3) is 0 Å². The van der Waals surface area contributed by atoms with Crippen LogP contribution < -0.4 is 4.74 Å². The molecule has 0 amide bonds. The monoisotopic (exact) mass is 296 g/mol. The maximum Gasteiger partial charge on any atom is 0.125 e. The molecule has 21 heavy (non-hydrogen) atoms. The minimum atomic E-state index is -1.24. The van der Waals surface area contributed by atoms with Crippen molar-refractivity contribution in [3.8, 4) is 5.75 Å². The van der Waals surface area contributed by atoms with Gasteiger partial charge in [0.05, 0.1) is 13.7 Å². The molecule has 3 N–H and O–H groups in total. The molecular formula is C16H24O5. The molecule has 1 aliphatic heterocycles. The van der Waals surface area contributed by atoms with Crippen LogP contribution in [-0.2, 0) is 10.3 Å². The van der Waals surface area contributed by atoms with Crippen LogP contribution in [0.3, 0.4) is 0 Å². The zero-order chi connectivity index (χ0) is 15.5. The van der Waals surface area contributed by atoms with Gasteiger partial charge in [-0.25, -0.2) is 0 Å². The second-order valence-corrected chi connectivity index (χ2v) is 5.51. The lowest BCUT2D eigenvalue weighted by molar-refractivity contribution is -0.245. The van der Waals surface area contributed by atoms with E-state index in [4.69, 9.17) is 9.47 Å². The molecule has 1 aromatic carbocycles. The van der Waals surface area contributed by atoms with Gasteiger partial charge in [0.15, 0.2) is 0 Å². The van der Waals surface area contributed by atoms with Crippen molar-refractivity contribution in [2.45, 2.75) is 50.1 Å². The quantitative estimate of drug-likeness (QED) is 0.761. The summed E-state index contributed by atoms with van der Waals surface area (Å²) in [7, 11) is 1.56. The van der Waals surface area contributed by atoms with Gasteiger partial charge in [-0.1, -0.05) is 38.0 Å². The van der Waals surface area contributed by atoms with Crippen LogP contribution in [0.5, 0.6) is 5.75 Å². The van der Waals surface area contributed by atoms with Crippen molar-refractivity contribution in [2.75, 3.05) is 13.7 Å². The maximum absolute atomic E-state index is 10.6. The van der Waals surface area contributed by atoms with E-state index in [1.54, 1.807) is 13.2 Å². The van der Waals surface area contributed by atoms with E-state index >= 15 is 0 Å². The summed E-state index contributed by atoms with van der Waals surface area (Å²) in [6, 6.07) is 7.33. The first-order chi connectivity index (χ1) is 10.1. The molecule has 0 aromatic heterocycles. The standard InChI is InChI=1S/C16H24O5/c1-3-4-9-16(11-7-5-6-8-13(11)20-2)15(19)14(18)12(17)10-21-16/h5-8,12,14-15,17-19H,3-4,9-10H2,1-2H3. The average Bonchev–Trinajstić information content (AvgIpc) is 2.52. The van der Waals surface area contributed by atoms with E-state index in [-0.39, 0.29) is 6.61 Å². The van der Waals surface area contributed by atoms with Crippen LogP contribution in [-0.4, -0.2) is 47.3 Å². The topological polar surface area (TPSA) is 79.2 Å². The van der Waals surface area contributed by atoms with Gasteiger partial charge >= 0.3 is 0 Å². The summed E-state index contributed by atoms with van der Waals surface area (Å²) in [5, 5.41) is 30.4. The number of aliphatic hydroxyl groups is 3. The van der Waals surface area contributed by atoms with Gasteiger partial charge in [-0.05, 0) is 12.5 Å². The van der Waals surface area contributed by atoms with Crippen LogP contribution in [0, 0.1) is 0 Å². The molecule has 5 nitrogen and oxygen atoms in total. The van der Waals surface area contributed by atoms with E-state index in [1.165, 1.54) is 0 Å². The number of methoxy groups -OCH3 is 1. The number of benzene rings is 1. The molecule has 4 atom stereocenters. The summed E-state index contributed by atoms with van der Waals surface area (Å²) in [5.74, 6) is 0.608. The summed E-state index contributed by atoms with van der Waals surface area (Å²) in [6.07, 6.45) is -1.20. The van der Waals surface area contributed by atoms with Crippen molar-refractivity contribution in [1.82, 2.24) is 0 Å². The van der Waals surface area contributed by atoms with Crippen molar-refractivity contribution in [3.63, 3.8) is 0 Å². The molecule has 1 saturated heterocycles. The fourth-order valence-electron chi connectivity index (χ4n) is 2.93. The third-order valence-corrected chi connectivity index (χ3v) is 4.17. The summed E-state index contributed by atoms with van der Waals surface area (Å²) >= 11 is 0. The van der Waals surface area contributed by atoms with Crippen LogP contribution >= 0.6 is 0 Å². The van der Waals surface area contributed by atoms with Crippen molar-refractivity contribution < 1.29 is 24.8 Å². The third-order valence-electron chi connectivity index (χ3n) is 4.17. The van der Waals surface area contributed by atoms with Gasteiger partial charge < -0.3 is 24.8 Å². The lowest BCUT2D eigenvalue weighted by Gasteiger charge is -2.46. The minimum absolute atomic E-state index is 0.0139. The molecule has 2 rings (SSSR count). The Morgan fingerprint density at radius 1 is 1.29 bits per heavy atom. The van der Waals surface area contributed by atoms with Crippen LogP contribution in [0.15, 0.2) is 24.3 Å². The van der Waals surface area contributed by atoms with Crippen molar-refractivity contribution >= 4 is 0 Å². The van der Waals surface area contributed by atoms with Gasteiger partial charge in [-0.2, -0.15) is 0 Å². The second-order valence-electron chi connectivity index (χ2n) is 5.51. The van der Waals surface area contributed by atoms with Gasteiger partial charge in [0.1, 0.15) is 29.7 Å². The predicted molar refractivity (Wildman–Crippen MR) is 78.2 cm³/mol. The smallest absolute Gasteiger partial charge is 0.125 e. The Bertz CT molecular complexity index is 460. The molecule has 4 unspecified atom stereocenters. The molecule has 1 aromatic rings. The average molecular weight is 296 g/mol. The Hall–Kier alpha value is -1.14. The van der Waals surface area contributed by atoms with Crippen molar-refractivity contribution in [2.24, 2.45) is 0 Å². The molecular weight excluding hydrogens is 272 g/mol. The highest BCUT2D eigenvalue weighted by molar-refractivity contribution is 5.40. The Kier molecular flexibility index (Phi) is 5.22. The Balaban J connectivity index is 2.46. The first-order valence-electron chi connectivity index (χ1n) is 7.38. The number of unbranched alkanes of at least 4 members (excludes halogenated alkanes) is 1. The maximum atomic E-state index is 10.6. The number of hydrogen-bond acceptors (Lipinski definition) is 5. The Morgan fingerprint density at radius 2 is 2.00 bits per heavy atom. The van der Waals surface area contributed by atoms with Crippen molar-refractivity contribution in [1.29, 1.82) is 0 Å². The number of para-hydroxylation sites is 1. The number of hydrogen-bond donors (Lipinski definition) is 3. The van der Waals surface area contributed by atoms with Gasteiger partial charge in [0, 0.05) is 5.56 Å². The largest absolute Gasteiger partial charge is 0.496 e. The van der Waals surface area contributed by atoms with Gasteiger partial charge in [0.2, 0.25) is 0 Å². The Morgan fingerprint density at radius 3 is 2.67 bits per heavy atom. The van der Waals surface area contributed by atoms with Crippen LogP contribution in [0.1, 0.15) is 31.7 Å². The third kappa shape index (κ3) is 2.92. The SMILES string of the molecule is CCCCC1(c2ccccc2OC)OCC(O)C(O)C1O. The molecule has 0 aliphatic carbocycles. The predicted octanol–water partition coefficient (Wildman–Crippen LogP) is 1.19. The lowest BCUT2D eigenvalue weighted by atomic mass is 9.78. The van der Waals surface area contributed by atoms with E-state index in [1.807, 2.05) is 18.2 Å². The number of aliphatic hydroxyl groups excluding tert-OH is 3. The van der Waals surface area contributed by atoms with E-state index < -0.39 is 23.9 Å². The van der Waals surface area contributed by atoms with Crippen molar-refractivity contribution in [3.05, 3.63) is 29.8 Å². The summed E-state index contributed by atoms with van der Waals surface area (Å²) < 4.78 is 11.2. The van der Waals surface area contributed by atoms with Gasteiger partial charge in [-0.15, -0.1) is 0 Å². The molecule has 5 heteroatoms. The molecule has 1 heterocycles. The first kappa shape index (κ1) is 16.2. The van der Waals surface area contributed by atoms with E-state index in [2.05, 4.69) is 6.92 Å². The number of rotatable bonds is 5. The van der Waals surface area contributed by atoms with Crippen LogP contribution in [0.4, 0.5) is 0 Å². The molecule has 0 spiro atoms. The molecule has 0 radical (unpaired) electrons. The molecule has 118 valence electrons. The zero-order valence-electron chi connectivity index (χ0n) is 12.5. The molecule has 1 fully saturated rings. The first-order valence-corrected chi connectivity index (χ1v) is 7.38. The summed E-state index contributed by atoms with van der Waals surface area (Å²) in [4.78, 5) is 0. The minimum Gasteiger partial charge on any atom is -0.496 e. The Labute approximate surface area is 125 Å². The highest BCUT2D eigenvalue weighted by Crippen LogP contribution is 2.43. The fourth-order valence-corrected chi connectivity index (χ4v) is 2.93. The van der Waals surface area contributed by atoms with Gasteiger partial charge in [0.25, 0.3) is 0 Å². The van der Waals surface area contributed by atoms with Gasteiger partial charge in [-0.3, -0.25) is 0 Å². The van der Waals surface area contributed by atoms with E-state index in [9.17, 15) is 15.3 Å². The summed E-state index contributed by atoms with van der Waals surface area (Å²) in [5.41, 5.74) is -0.347. The lowest BCUT2D eigenvalue weighted by Crippen LogP contribution is -2.59. The summed E-state index contributed by atoms with van der Waals surface area (Å²) in [6.45, 7) is 2.04. The van der Waals surface area contributed by atoms with E-state index in [0.717, 1.165) is 12.8 Å². The van der Waals surface area contributed by atoms with Crippen LogP contribution in [0.2, 0.25) is 0 Å². The normalized spacial score (nSPS) is 32.9. The fraction of sp³-hybridized carbons (Fsp3) is 0.625. The second kappa shape index (κ2) is 6.75. The molecule has 0 saturated carbocycles. The molecule has 0 bridgehead atoms. The highest BCUT2D eigenvalue weighted by Gasteiger charge is 2.51.